The van der Waals surface area contributed by atoms with E-state index in [-0.39, 0.29) is 5.41 Å². The highest BCUT2D eigenvalue weighted by Crippen LogP contribution is 2.57. The van der Waals surface area contributed by atoms with Crippen molar-refractivity contribution < 1.29 is 0 Å². The standard InChI is InChI=1S/C15H24IN3/c1-7-17-13-10(16)11(14(2,3)4)18-12(19-13)9-8-15(9,5)6/h9H,7-8H2,1-6H3,(H,17,18,19). The molecule has 0 aliphatic heterocycles. The molecule has 0 saturated heterocycles. The average molecular weight is 373 g/mol. The molecule has 1 heterocycles. The van der Waals surface area contributed by atoms with E-state index in [4.69, 9.17) is 9.97 Å². The van der Waals surface area contributed by atoms with Crippen molar-refractivity contribution in [3.05, 3.63) is 15.1 Å². The molecule has 0 spiro atoms. The number of nitrogens with zero attached hydrogens (tertiary/aromatic N) is 2. The van der Waals surface area contributed by atoms with Crippen molar-refractivity contribution in [1.29, 1.82) is 0 Å². The maximum atomic E-state index is 4.89. The third kappa shape index (κ3) is 3.03. The van der Waals surface area contributed by atoms with Crippen molar-refractivity contribution in [1.82, 2.24) is 9.97 Å². The first kappa shape index (κ1) is 15.0. The molecule has 1 aromatic rings. The molecule has 1 fully saturated rings. The summed E-state index contributed by atoms with van der Waals surface area (Å²) in [6, 6.07) is 0. The van der Waals surface area contributed by atoms with Gasteiger partial charge in [0.25, 0.3) is 0 Å². The average Bonchev–Trinajstić information content (AvgIpc) is 2.89. The molecule has 4 heteroatoms. The van der Waals surface area contributed by atoms with E-state index in [1.54, 1.807) is 0 Å². The Kier molecular flexibility index (Phi) is 3.84. The van der Waals surface area contributed by atoms with E-state index in [0.717, 1.165) is 27.5 Å². The molecule has 19 heavy (non-hydrogen) atoms. The summed E-state index contributed by atoms with van der Waals surface area (Å²) in [5, 5.41) is 3.38. The van der Waals surface area contributed by atoms with E-state index in [1.807, 2.05) is 0 Å². The number of halogens is 1. The Bertz CT molecular complexity index is 489. The monoisotopic (exact) mass is 373 g/mol. The Morgan fingerprint density at radius 1 is 1.32 bits per heavy atom. The lowest BCUT2D eigenvalue weighted by molar-refractivity contribution is 0.550. The molecule has 106 valence electrons. The van der Waals surface area contributed by atoms with Gasteiger partial charge < -0.3 is 5.32 Å². The number of nitrogens with one attached hydrogen (secondary N) is 1. The smallest absolute Gasteiger partial charge is 0.143 e. The number of rotatable bonds is 3. The maximum Gasteiger partial charge on any atom is 0.143 e. The molecule has 1 N–H and O–H groups in total. The van der Waals surface area contributed by atoms with Gasteiger partial charge in [0.05, 0.1) is 9.26 Å². The van der Waals surface area contributed by atoms with Gasteiger partial charge in [-0.05, 0) is 41.4 Å². The van der Waals surface area contributed by atoms with Crippen molar-refractivity contribution >= 4 is 28.4 Å². The third-order valence-corrected chi connectivity index (χ3v) is 4.77. The van der Waals surface area contributed by atoms with E-state index < -0.39 is 0 Å². The number of aromatic nitrogens is 2. The summed E-state index contributed by atoms with van der Waals surface area (Å²) < 4.78 is 1.16. The topological polar surface area (TPSA) is 37.8 Å². The minimum absolute atomic E-state index is 0.0530. The lowest BCUT2D eigenvalue weighted by Gasteiger charge is -2.22. The number of hydrogen-bond acceptors (Lipinski definition) is 3. The summed E-state index contributed by atoms with van der Waals surface area (Å²) in [4.78, 5) is 9.65. The van der Waals surface area contributed by atoms with Crippen LogP contribution in [0.2, 0.25) is 0 Å². The van der Waals surface area contributed by atoms with Crippen LogP contribution < -0.4 is 5.32 Å². The fourth-order valence-corrected chi connectivity index (χ4v) is 3.55. The lowest BCUT2D eigenvalue weighted by Crippen LogP contribution is -2.20. The van der Waals surface area contributed by atoms with Crippen molar-refractivity contribution in [2.45, 2.75) is 59.3 Å². The van der Waals surface area contributed by atoms with E-state index >= 15 is 0 Å². The van der Waals surface area contributed by atoms with Gasteiger partial charge in [-0.15, -0.1) is 0 Å². The maximum absolute atomic E-state index is 4.89. The van der Waals surface area contributed by atoms with Crippen molar-refractivity contribution in [2.75, 3.05) is 11.9 Å². The van der Waals surface area contributed by atoms with Gasteiger partial charge in [0, 0.05) is 17.9 Å². The molecule has 1 unspecified atom stereocenters. The first-order valence-electron chi connectivity index (χ1n) is 6.98. The molecule has 2 rings (SSSR count). The normalized spacial score (nSPS) is 21.3. The van der Waals surface area contributed by atoms with Crippen molar-refractivity contribution in [2.24, 2.45) is 5.41 Å². The molecule has 1 aliphatic rings. The van der Waals surface area contributed by atoms with Crippen LogP contribution >= 0.6 is 22.6 Å². The second-order valence-electron chi connectivity index (χ2n) is 7.12. The fourth-order valence-electron chi connectivity index (χ4n) is 2.31. The van der Waals surface area contributed by atoms with Crippen LogP contribution in [-0.2, 0) is 5.41 Å². The van der Waals surface area contributed by atoms with Crippen LogP contribution in [0.4, 0.5) is 5.82 Å². The van der Waals surface area contributed by atoms with Gasteiger partial charge >= 0.3 is 0 Å². The van der Waals surface area contributed by atoms with Gasteiger partial charge in [-0.25, -0.2) is 9.97 Å². The van der Waals surface area contributed by atoms with Gasteiger partial charge in [0.2, 0.25) is 0 Å². The number of hydrogen-bond donors (Lipinski definition) is 1. The first-order chi connectivity index (χ1) is 8.66. The summed E-state index contributed by atoms with van der Waals surface area (Å²) in [7, 11) is 0. The Labute approximate surface area is 130 Å². The molecule has 1 aliphatic carbocycles. The molecular weight excluding hydrogens is 349 g/mol. The minimum Gasteiger partial charge on any atom is -0.369 e. The lowest BCUT2D eigenvalue weighted by atomic mass is 9.91. The van der Waals surface area contributed by atoms with Crippen LogP contribution in [-0.4, -0.2) is 16.5 Å². The van der Waals surface area contributed by atoms with Crippen LogP contribution in [0, 0.1) is 8.99 Å². The van der Waals surface area contributed by atoms with Crippen LogP contribution in [0.15, 0.2) is 0 Å². The van der Waals surface area contributed by atoms with Crippen LogP contribution in [0.1, 0.15) is 65.4 Å². The molecule has 3 nitrogen and oxygen atoms in total. The van der Waals surface area contributed by atoms with Crippen LogP contribution in [0.25, 0.3) is 0 Å². The molecule has 0 aromatic carbocycles. The van der Waals surface area contributed by atoms with E-state index in [1.165, 1.54) is 6.42 Å². The molecule has 1 atom stereocenters. The minimum atomic E-state index is 0.0530. The van der Waals surface area contributed by atoms with Crippen molar-refractivity contribution in [3.8, 4) is 0 Å². The van der Waals surface area contributed by atoms with Gasteiger partial charge in [-0.2, -0.15) is 0 Å². The SMILES string of the molecule is CCNc1nc(C2CC2(C)C)nc(C(C)(C)C)c1I. The summed E-state index contributed by atoms with van der Waals surface area (Å²) in [5.41, 5.74) is 1.58. The third-order valence-electron chi connectivity index (χ3n) is 3.75. The largest absolute Gasteiger partial charge is 0.369 e. The quantitative estimate of drug-likeness (QED) is 0.802. The zero-order chi connectivity index (χ0) is 14.4. The fraction of sp³-hybridized carbons (Fsp3) is 0.733. The van der Waals surface area contributed by atoms with Crippen LogP contribution in [0.3, 0.4) is 0 Å². The Hall–Kier alpha value is -0.390. The van der Waals surface area contributed by atoms with Gasteiger partial charge in [-0.3, -0.25) is 0 Å². The molecule has 1 saturated carbocycles. The predicted octanol–water partition coefficient (Wildman–Crippen LogP) is 4.32. The predicted molar refractivity (Wildman–Crippen MR) is 88.8 cm³/mol. The molecule has 0 radical (unpaired) electrons. The highest BCUT2D eigenvalue weighted by molar-refractivity contribution is 14.1. The summed E-state index contributed by atoms with van der Waals surface area (Å²) >= 11 is 2.37. The summed E-state index contributed by atoms with van der Waals surface area (Å²) in [6.07, 6.45) is 1.20. The van der Waals surface area contributed by atoms with Gasteiger partial charge in [0.1, 0.15) is 11.6 Å². The van der Waals surface area contributed by atoms with E-state index in [0.29, 0.717) is 11.3 Å². The van der Waals surface area contributed by atoms with Crippen LogP contribution in [0.5, 0.6) is 0 Å². The summed E-state index contributed by atoms with van der Waals surface area (Å²) in [6.45, 7) is 14.2. The second-order valence-corrected chi connectivity index (χ2v) is 8.20. The summed E-state index contributed by atoms with van der Waals surface area (Å²) in [5.74, 6) is 2.54. The molecule has 1 aromatic heterocycles. The Morgan fingerprint density at radius 3 is 2.32 bits per heavy atom. The highest BCUT2D eigenvalue weighted by atomic mass is 127. The highest BCUT2D eigenvalue weighted by Gasteiger charge is 2.49. The molecule has 0 amide bonds. The van der Waals surface area contributed by atoms with Gasteiger partial charge in [-0.1, -0.05) is 34.6 Å². The van der Waals surface area contributed by atoms with E-state index in [2.05, 4.69) is 69.5 Å². The van der Waals surface area contributed by atoms with E-state index in [9.17, 15) is 0 Å². The first-order valence-corrected chi connectivity index (χ1v) is 8.06. The zero-order valence-electron chi connectivity index (χ0n) is 12.8. The van der Waals surface area contributed by atoms with Gasteiger partial charge in [0.15, 0.2) is 0 Å². The Balaban J connectivity index is 2.49. The second kappa shape index (κ2) is 4.86. The Morgan fingerprint density at radius 2 is 1.89 bits per heavy atom. The number of anilines is 1. The molecule has 0 bridgehead atoms. The molecular formula is C15H24IN3. The van der Waals surface area contributed by atoms with Crippen molar-refractivity contribution in [3.63, 3.8) is 0 Å². The zero-order valence-corrected chi connectivity index (χ0v) is 14.9.